The summed E-state index contributed by atoms with van der Waals surface area (Å²) in [6.07, 6.45) is 1.71. The van der Waals surface area contributed by atoms with E-state index in [1.807, 2.05) is 38.1 Å². The molecule has 23 heavy (non-hydrogen) atoms. The molecule has 0 fully saturated rings. The number of H-pyrrole nitrogens is 1. The fraction of sp³-hybridized carbons (Fsp3) is 0.118. The number of aromatic amines is 1. The van der Waals surface area contributed by atoms with Gasteiger partial charge in [-0.1, -0.05) is 28.1 Å². The van der Waals surface area contributed by atoms with Crippen molar-refractivity contribution in [2.75, 3.05) is 0 Å². The third kappa shape index (κ3) is 2.98. The number of rotatable bonds is 2. The Morgan fingerprint density at radius 2 is 2.22 bits per heavy atom. The van der Waals surface area contributed by atoms with Gasteiger partial charge in [0.15, 0.2) is 5.82 Å². The minimum absolute atomic E-state index is 0.206. The molecule has 0 saturated heterocycles. The second kappa shape index (κ2) is 6.11. The van der Waals surface area contributed by atoms with Gasteiger partial charge in [0.25, 0.3) is 5.56 Å². The van der Waals surface area contributed by atoms with Gasteiger partial charge in [-0.15, -0.1) is 11.3 Å². The average molecular weight is 386 g/mol. The molecule has 3 rings (SSSR count). The van der Waals surface area contributed by atoms with E-state index in [0.29, 0.717) is 21.6 Å². The maximum absolute atomic E-state index is 12.3. The molecule has 0 aliphatic rings. The van der Waals surface area contributed by atoms with E-state index in [1.165, 1.54) is 11.3 Å². The molecule has 0 aliphatic heterocycles. The van der Waals surface area contributed by atoms with Crippen LogP contribution in [0.3, 0.4) is 0 Å². The lowest BCUT2D eigenvalue weighted by atomic mass is 10.1. The Labute approximate surface area is 145 Å². The summed E-state index contributed by atoms with van der Waals surface area (Å²) in [6, 6.07) is 9.70. The van der Waals surface area contributed by atoms with Gasteiger partial charge in [0.1, 0.15) is 10.9 Å². The number of allylic oxidation sites excluding steroid dienone is 1. The van der Waals surface area contributed by atoms with E-state index in [2.05, 4.69) is 32.0 Å². The molecule has 1 N–H and O–H groups in total. The van der Waals surface area contributed by atoms with Crippen LogP contribution in [-0.4, -0.2) is 9.97 Å². The van der Waals surface area contributed by atoms with E-state index >= 15 is 0 Å². The van der Waals surface area contributed by atoms with Gasteiger partial charge in [0.05, 0.1) is 11.0 Å². The summed E-state index contributed by atoms with van der Waals surface area (Å²) in [5.41, 5.74) is 1.92. The number of benzene rings is 1. The number of hydrogen-bond acceptors (Lipinski definition) is 4. The van der Waals surface area contributed by atoms with Crippen molar-refractivity contribution >= 4 is 49.1 Å². The molecule has 0 amide bonds. The normalized spacial score (nSPS) is 11.7. The number of nitrogens with one attached hydrogen (secondary N) is 1. The second-order valence-corrected chi connectivity index (χ2v) is 7.22. The summed E-state index contributed by atoms with van der Waals surface area (Å²) < 4.78 is 0.921. The highest BCUT2D eigenvalue weighted by atomic mass is 79.9. The van der Waals surface area contributed by atoms with Crippen LogP contribution in [-0.2, 0) is 0 Å². The topological polar surface area (TPSA) is 69.5 Å². The van der Waals surface area contributed by atoms with E-state index in [1.54, 1.807) is 6.08 Å². The Bertz CT molecular complexity index is 1040. The molecular weight excluding hydrogens is 374 g/mol. The molecule has 0 aliphatic carbocycles. The summed E-state index contributed by atoms with van der Waals surface area (Å²) in [6.45, 7) is 3.87. The third-order valence-corrected chi connectivity index (χ3v) is 5.17. The fourth-order valence-electron chi connectivity index (χ4n) is 2.30. The van der Waals surface area contributed by atoms with Crippen LogP contribution in [0.4, 0.5) is 0 Å². The zero-order valence-corrected chi connectivity index (χ0v) is 14.9. The molecule has 0 radical (unpaired) electrons. The SMILES string of the molecule is Cc1sc2nc(/C(C#N)=C/c3cccc(Br)c3)[nH]c(=O)c2c1C. The van der Waals surface area contributed by atoms with Gasteiger partial charge in [-0.25, -0.2) is 4.98 Å². The van der Waals surface area contributed by atoms with Crippen LogP contribution in [0.15, 0.2) is 33.5 Å². The highest BCUT2D eigenvalue weighted by Crippen LogP contribution is 2.27. The molecule has 6 heteroatoms. The van der Waals surface area contributed by atoms with Crippen molar-refractivity contribution in [1.29, 1.82) is 5.26 Å². The molecule has 0 saturated carbocycles. The summed E-state index contributed by atoms with van der Waals surface area (Å²) in [7, 11) is 0. The first-order valence-electron chi connectivity index (χ1n) is 6.87. The standard InChI is InChI=1S/C17H12BrN3OS/c1-9-10(2)23-17-14(9)16(22)20-15(21-17)12(8-19)6-11-4-3-5-13(18)7-11/h3-7H,1-2H3,(H,20,21,22)/b12-6+. The summed E-state index contributed by atoms with van der Waals surface area (Å²) in [5, 5.41) is 10.1. The first-order chi connectivity index (χ1) is 11.0. The first-order valence-corrected chi connectivity index (χ1v) is 8.48. The lowest BCUT2D eigenvalue weighted by Crippen LogP contribution is -2.10. The van der Waals surface area contributed by atoms with Crippen molar-refractivity contribution in [1.82, 2.24) is 9.97 Å². The fourth-order valence-corrected chi connectivity index (χ4v) is 3.75. The van der Waals surface area contributed by atoms with Crippen molar-refractivity contribution in [3.8, 4) is 6.07 Å². The second-order valence-electron chi connectivity index (χ2n) is 5.10. The molecular formula is C17H12BrN3OS. The number of hydrogen-bond donors (Lipinski definition) is 1. The predicted molar refractivity (Wildman–Crippen MR) is 97.3 cm³/mol. The van der Waals surface area contributed by atoms with E-state index in [9.17, 15) is 10.1 Å². The van der Waals surface area contributed by atoms with E-state index < -0.39 is 0 Å². The highest BCUT2D eigenvalue weighted by Gasteiger charge is 2.13. The molecule has 0 unspecified atom stereocenters. The van der Waals surface area contributed by atoms with Gasteiger partial charge in [0, 0.05) is 9.35 Å². The third-order valence-electron chi connectivity index (χ3n) is 3.57. The number of thiophene rings is 1. The van der Waals surface area contributed by atoms with Gasteiger partial charge >= 0.3 is 0 Å². The largest absolute Gasteiger partial charge is 0.305 e. The number of fused-ring (bicyclic) bond motifs is 1. The first kappa shape index (κ1) is 15.7. The minimum Gasteiger partial charge on any atom is -0.305 e. The Morgan fingerprint density at radius 3 is 2.91 bits per heavy atom. The maximum Gasteiger partial charge on any atom is 0.260 e. The van der Waals surface area contributed by atoms with Crippen molar-refractivity contribution < 1.29 is 0 Å². The van der Waals surface area contributed by atoms with Crippen molar-refractivity contribution in [2.45, 2.75) is 13.8 Å². The van der Waals surface area contributed by atoms with Crippen molar-refractivity contribution in [3.05, 3.63) is 60.9 Å². The van der Waals surface area contributed by atoms with Crippen LogP contribution in [0, 0.1) is 25.2 Å². The van der Waals surface area contributed by atoms with Gasteiger partial charge in [-0.3, -0.25) is 4.79 Å². The summed E-state index contributed by atoms with van der Waals surface area (Å²) in [4.78, 5) is 21.2. The molecule has 114 valence electrons. The molecule has 1 aromatic carbocycles. The van der Waals surface area contributed by atoms with Crippen LogP contribution in [0.2, 0.25) is 0 Å². The number of aromatic nitrogens is 2. The van der Waals surface area contributed by atoms with Crippen LogP contribution in [0.1, 0.15) is 21.8 Å². The molecule has 0 atom stereocenters. The Balaban J connectivity index is 2.18. The molecule has 4 nitrogen and oxygen atoms in total. The van der Waals surface area contributed by atoms with Gasteiger partial charge in [-0.2, -0.15) is 5.26 Å². The number of halogens is 1. The zero-order chi connectivity index (χ0) is 16.6. The van der Waals surface area contributed by atoms with Gasteiger partial charge in [0.2, 0.25) is 0 Å². The van der Waals surface area contributed by atoms with Gasteiger partial charge < -0.3 is 4.98 Å². The monoisotopic (exact) mass is 385 g/mol. The maximum atomic E-state index is 12.3. The van der Waals surface area contributed by atoms with E-state index in [0.717, 1.165) is 20.5 Å². The predicted octanol–water partition coefficient (Wildman–Crippen LogP) is 4.43. The molecule has 3 aromatic rings. The zero-order valence-electron chi connectivity index (χ0n) is 12.5. The van der Waals surface area contributed by atoms with Gasteiger partial charge in [-0.05, 0) is 43.2 Å². The molecule has 0 bridgehead atoms. The molecule has 0 spiro atoms. The number of nitrogens with zero attached hydrogens (tertiary/aromatic N) is 2. The van der Waals surface area contributed by atoms with Crippen LogP contribution in [0.25, 0.3) is 21.9 Å². The Kier molecular flexibility index (Phi) is 4.16. The summed E-state index contributed by atoms with van der Waals surface area (Å²) in [5.74, 6) is 0.297. The van der Waals surface area contributed by atoms with E-state index in [-0.39, 0.29) is 5.56 Å². The lowest BCUT2D eigenvalue weighted by Gasteiger charge is -2.00. The number of nitriles is 1. The highest BCUT2D eigenvalue weighted by molar-refractivity contribution is 9.10. The Hall–Kier alpha value is -2.23. The molecule has 2 heterocycles. The van der Waals surface area contributed by atoms with Crippen molar-refractivity contribution in [3.63, 3.8) is 0 Å². The minimum atomic E-state index is -0.206. The van der Waals surface area contributed by atoms with Crippen LogP contribution in [0.5, 0.6) is 0 Å². The Morgan fingerprint density at radius 1 is 1.43 bits per heavy atom. The average Bonchev–Trinajstić information content (AvgIpc) is 2.80. The number of aryl methyl sites for hydroxylation is 2. The van der Waals surface area contributed by atoms with Crippen molar-refractivity contribution in [2.24, 2.45) is 0 Å². The van der Waals surface area contributed by atoms with Crippen LogP contribution < -0.4 is 5.56 Å². The molecule has 2 aromatic heterocycles. The summed E-state index contributed by atoms with van der Waals surface area (Å²) >= 11 is 4.87. The lowest BCUT2D eigenvalue weighted by molar-refractivity contribution is 1.13. The van der Waals surface area contributed by atoms with Crippen LogP contribution >= 0.6 is 27.3 Å². The van der Waals surface area contributed by atoms with E-state index in [4.69, 9.17) is 0 Å². The quantitative estimate of drug-likeness (QED) is 0.663. The smallest absolute Gasteiger partial charge is 0.260 e.